The van der Waals surface area contributed by atoms with Crippen molar-refractivity contribution in [2.24, 2.45) is 5.41 Å². The number of carbonyl (C=O) groups excluding carboxylic acids is 3. The van der Waals surface area contributed by atoms with E-state index in [-0.39, 0.29) is 29.1 Å². The smallest absolute Gasteiger partial charge is 0.226 e. The molecule has 5 rings (SSSR count). The summed E-state index contributed by atoms with van der Waals surface area (Å²) in [6.07, 6.45) is 8.47. The van der Waals surface area contributed by atoms with Crippen molar-refractivity contribution in [1.29, 1.82) is 0 Å². The Morgan fingerprint density at radius 2 is 1.91 bits per heavy atom. The van der Waals surface area contributed by atoms with Crippen LogP contribution in [0, 0.1) is 12.3 Å². The third-order valence-electron chi connectivity index (χ3n) is 9.78. The summed E-state index contributed by atoms with van der Waals surface area (Å²) < 4.78 is 5.98. The molecule has 3 aliphatic heterocycles. The Balaban J connectivity index is 1.04. The number of aromatic nitrogens is 2. The summed E-state index contributed by atoms with van der Waals surface area (Å²) in [5.74, 6) is 2.13. The lowest BCUT2D eigenvalue weighted by molar-refractivity contribution is -0.134. The largest absolute Gasteiger partial charge is 0.491 e. The van der Waals surface area contributed by atoms with Crippen molar-refractivity contribution >= 4 is 17.7 Å². The lowest BCUT2D eigenvalue weighted by atomic mass is 9.73. The summed E-state index contributed by atoms with van der Waals surface area (Å²) in [7, 11) is 0. The molecule has 0 aliphatic carbocycles. The predicted molar refractivity (Wildman–Crippen MR) is 173 cm³/mol. The van der Waals surface area contributed by atoms with E-state index in [0.29, 0.717) is 39.1 Å². The minimum Gasteiger partial charge on any atom is -0.491 e. The summed E-state index contributed by atoms with van der Waals surface area (Å²) in [6, 6.07) is 10.2. The quantitative estimate of drug-likeness (QED) is 0.488. The van der Waals surface area contributed by atoms with Crippen LogP contribution < -0.4 is 15.4 Å². The van der Waals surface area contributed by atoms with Gasteiger partial charge in [-0.05, 0) is 89.1 Å². The number of rotatable bonds is 7. The van der Waals surface area contributed by atoms with Crippen LogP contribution in [0.1, 0.15) is 87.0 Å². The van der Waals surface area contributed by atoms with E-state index in [1.54, 1.807) is 6.92 Å². The van der Waals surface area contributed by atoms with E-state index in [1.807, 2.05) is 30.0 Å². The molecule has 244 valence electrons. The zero-order chi connectivity index (χ0) is 31.6. The number of nitrogens with one attached hydrogen (secondary N) is 2. The Morgan fingerprint density at radius 3 is 2.73 bits per heavy atom. The summed E-state index contributed by atoms with van der Waals surface area (Å²) >= 11 is 0. The van der Waals surface area contributed by atoms with Crippen LogP contribution in [0.4, 0.5) is 0 Å². The Kier molecular flexibility index (Phi) is 11.4. The van der Waals surface area contributed by atoms with Crippen LogP contribution in [0.5, 0.6) is 5.75 Å². The van der Waals surface area contributed by atoms with Gasteiger partial charge in [0.1, 0.15) is 18.2 Å². The highest BCUT2D eigenvalue weighted by Crippen LogP contribution is 2.37. The molecule has 10 heteroatoms. The van der Waals surface area contributed by atoms with E-state index in [0.717, 1.165) is 101 Å². The second-order valence-corrected chi connectivity index (χ2v) is 13.1. The van der Waals surface area contributed by atoms with E-state index >= 15 is 0 Å². The maximum atomic E-state index is 13.4. The SMILES string of the molecule is CC(=O)N1CCCC(c2nc(C)cc(CCC(=O)NCCN3CCC4(CCCCc5ccccc5OCCNC4=O)CC3)n2)C1. The molecule has 3 amide bonds. The van der Waals surface area contributed by atoms with E-state index in [4.69, 9.17) is 9.72 Å². The van der Waals surface area contributed by atoms with Gasteiger partial charge in [0, 0.05) is 56.8 Å². The van der Waals surface area contributed by atoms with Crippen molar-refractivity contribution in [1.82, 2.24) is 30.4 Å². The fourth-order valence-electron chi connectivity index (χ4n) is 7.06. The molecule has 2 fully saturated rings. The van der Waals surface area contributed by atoms with Crippen LogP contribution in [0.3, 0.4) is 0 Å². The molecule has 2 N–H and O–H groups in total. The molecule has 3 aliphatic rings. The van der Waals surface area contributed by atoms with Crippen LogP contribution in [0.25, 0.3) is 0 Å². The van der Waals surface area contributed by atoms with Crippen LogP contribution in [-0.2, 0) is 27.2 Å². The number of hydrogen-bond acceptors (Lipinski definition) is 7. The number of fused-ring (bicyclic) bond motifs is 1. The number of nitrogens with zero attached hydrogens (tertiary/aromatic N) is 4. The van der Waals surface area contributed by atoms with Crippen LogP contribution in [-0.4, -0.2) is 89.9 Å². The molecule has 0 radical (unpaired) electrons. The zero-order valence-corrected chi connectivity index (χ0v) is 27.1. The molecule has 1 unspecified atom stereocenters. The highest BCUT2D eigenvalue weighted by Gasteiger charge is 2.40. The van der Waals surface area contributed by atoms with Gasteiger partial charge >= 0.3 is 0 Å². The number of carbonyl (C=O) groups is 3. The molecule has 10 nitrogen and oxygen atoms in total. The Hall–Kier alpha value is -3.53. The molecule has 1 spiro atoms. The van der Waals surface area contributed by atoms with Gasteiger partial charge in [-0.15, -0.1) is 0 Å². The third kappa shape index (κ3) is 9.02. The van der Waals surface area contributed by atoms with Crippen LogP contribution in [0.2, 0.25) is 0 Å². The fraction of sp³-hybridized carbons (Fsp3) is 0.629. The minimum atomic E-state index is -0.324. The zero-order valence-electron chi connectivity index (χ0n) is 27.1. The average Bonchev–Trinajstić information content (AvgIpc) is 3.04. The van der Waals surface area contributed by atoms with Crippen molar-refractivity contribution in [2.45, 2.75) is 84.0 Å². The average molecular weight is 619 g/mol. The van der Waals surface area contributed by atoms with Crippen molar-refractivity contribution in [2.75, 3.05) is 52.4 Å². The Bertz CT molecular complexity index is 1320. The fourth-order valence-corrected chi connectivity index (χ4v) is 7.06. The molecular weight excluding hydrogens is 568 g/mol. The molecule has 45 heavy (non-hydrogen) atoms. The normalized spacial score (nSPS) is 21.1. The number of amides is 3. The van der Waals surface area contributed by atoms with Gasteiger partial charge in [0.15, 0.2) is 0 Å². The van der Waals surface area contributed by atoms with Gasteiger partial charge in [-0.25, -0.2) is 9.97 Å². The first-order chi connectivity index (χ1) is 21.8. The van der Waals surface area contributed by atoms with Gasteiger partial charge in [0.2, 0.25) is 17.7 Å². The van der Waals surface area contributed by atoms with Gasteiger partial charge in [0.05, 0.1) is 12.0 Å². The molecule has 1 aromatic carbocycles. The number of piperidine rings is 2. The van der Waals surface area contributed by atoms with Crippen molar-refractivity contribution in [3.8, 4) is 5.75 Å². The van der Waals surface area contributed by atoms with Crippen LogP contribution in [0.15, 0.2) is 30.3 Å². The van der Waals surface area contributed by atoms with Crippen LogP contribution >= 0.6 is 0 Å². The van der Waals surface area contributed by atoms with E-state index in [2.05, 4.69) is 32.7 Å². The lowest BCUT2D eigenvalue weighted by Crippen LogP contribution is -2.50. The highest BCUT2D eigenvalue weighted by molar-refractivity contribution is 5.82. The molecule has 1 aromatic heterocycles. The summed E-state index contributed by atoms with van der Waals surface area (Å²) in [5.41, 5.74) is 2.69. The van der Waals surface area contributed by atoms with Gasteiger partial charge in [-0.1, -0.05) is 24.6 Å². The highest BCUT2D eigenvalue weighted by atomic mass is 16.5. The molecule has 2 aromatic rings. The number of benzene rings is 1. The summed E-state index contributed by atoms with van der Waals surface area (Å²) in [5, 5.41) is 6.24. The second kappa shape index (κ2) is 15.7. The second-order valence-electron chi connectivity index (χ2n) is 13.1. The Morgan fingerprint density at radius 1 is 1.09 bits per heavy atom. The Labute approximate surface area is 267 Å². The number of hydrogen-bond donors (Lipinski definition) is 2. The van der Waals surface area contributed by atoms with Crippen molar-refractivity contribution < 1.29 is 19.1 Å². The molecular formula is C35H50N6O4. The molecule has 2 saturated heterocycles. The number of ether oxygens (including phenoxy) is 1. The van der Waals surface area contributed by atoms with E-state index in [1.165, 1.54) is 5.56 Å². The molecule has 1 atom stereocenters. The molecule has 0 bridgehead atoms. The lowest BCUT2D eigenvalue weighted by Gasteiger charge is -2.41. The molecule has 0 saturated carbocycles. The number of likely N-dealkylation sites (tertiary alicyclic amines) is 2. The first-order valence-corrected chi connectivity index (χ1v) is 16.9. The first kappa shape index (κ1) is 32.9. The maximum absolute atomic E-state index is 13.4. The van der Waals surface area contributed by atoms with E-state index in [9.17, 15) is 14.4 Å². The maximum Gasteiger partial charge on any atom is 0.226 e. The van der Waals surface area contributed by atoms with Crippen molar-refractivity contribution in [3.63, 3.8) is 0 Å². The van der Waals surface area contributed by atoms with Crippen molar-refractivity contribution in [3.05, 3.63) is 53.1 Å². The predicted octanol–water partition coefficient (Wildman–Crippen LogP) is 3.56. The minimum absolute atomic E-state index is 0.0178. The topological polar surface area (TPSA) is 117 Å². The van der Waals surface area contributed by atoms with Gasteiger partial charge in [-0.3, -0.25) is 14.4 Å². The number of para-hydroxylation sites is 1. The molecule has 4 heterocycles. The summed E-state index contributed by atoms with van der Waals surface area (Å²) in [6.45, 7) is 9.09. The standard InChI is InChI=1S/C35H50N6O4/c1-26-24-30(39-33(38-26)29-10-7-19-41(25-29)27(2)42)12-13-32(43)36-17-22-40-20-15-35(16-21-40)14-6-5-9-28-8-3-4-11-31(28)45-23-18-37-34(35)44/h3-4,8,11,24,29H,5-7,9-10,12-23,25H2,1-2H3,(H,36,43)(H,37,44). The first-order valence-electron chi connectivity index (χ1n) is 16.9. The van der Waals surface area contributed by atoms with Gasteiger partial charge < -0.3 is 25.2 Å². The van der Waals surface area contributed by atoms with Gasteiger partial charge in [-0.2, -0.15) is 0 Å². The third-order valence-corrected chi connectivity index (χ3v) is 9.78. The van der Waals surface area contributed by atoms with Gasteiger partial charge in [0.25, 0.3) is 0 Å². The number of aryl methyl sites for hydroxylation is 3. The van der Waals surface area contributed by atoms with E-state index < -0.39 is 0 Å². The summed E-state index contributed by atoms with van der Waals surface area (Å²) in [4.78, 5) is 51.6. The monoisotopic (exact) mass is 618 g/mol.